The normalized spacial score (nSPS) is 15.4. The molecule has 2 aromatic carbocycles. The van der Waals surface area contributed by atoms with Gasteiger partial charge in [-0.15, -0.1) is 0 Å². The van der Waals surface area contributed by atoms with Gasteiger partial charge in [0.05, 0.1) is 20.3 Å². The van der Waals surface area contributed by atoms with Gasteiger partial charge < -0.3 is 24.6 Å². The first-order valence-electron chi connectivity index (χ1n) is 9.61. The van der Waals surface area contributed by atoms with Crippen LogP contribution in [0.4, 0.5) is 0 Å². The number of hydrogen-bond acceptors (Lipinski definition) is 6. The van der Waals surface area contributed by atoms with Crippen LogP contribution in [0.3, 0.4) is 0 Å². The Bertz CT molecular complexity index is 1080. The molecule has 0 bridgehead atoms. The van der Waals surface area contributed by atoms with Crippen LogP contribution in [0.2, 0.25) is 0 Å². The van der Waals surface area contributed by atoms with Gasteiger partial charge in [-0.2, -0.15) is 5.10 Å². The Morgan fingerprint density at radius 3 is 2.60 bits per heavy atom. The van der Waals surface area contributed by atoms with Gasteiger partial charge in [-0.3, -0.25) is 9.89 Å². The number of aromatic nitrogens is 2. The average Bonchev–Trinajstić information content (AvgIpc) is 3.31. The van der Waals surface area contributed by atoms with Crippen LogP contribution >= 0.6 is 0 Å². The summed E-state index contributed by atoms with van der Waals surface area (Å²) in [7, 11) is 3.12. The number of benzene rings is 2. The van der Waals surface area contributed by atoms with Crippen LogP contribution in [0.1, 0.15) is 34.1 Å². The monoisotopic (exact) mass is 409 g/mol. The summed E-state index contributed by atoms with van der Waals surface area (Å²) in [5.41, 5.74) is 2.94. The van der Waals surface area contributed by atoms with Crippen molar-refractivity contribution in [3.05, 3.63) is 59.3 Å². The van der Waals surface area contributed by atoms with Crippen molar-refractivity contribution in [3.8, 4) is 28.5 Å². The summed E-state index contributed by atoms with van der Waals surface area (Å²) in [4.78, 5) is 14.8. The van der Waals surface area contributed by atoms with E-state index in [1.807, 2.05) is 18.2 Å². The van der Waals surface area contributed by atoms with Crippen LogP contribution in [0, 0.1) is 0 Å². The van der Waals surface area contributed by atoms with Gasteiger partial charge in [0.15, 0.2) is 11.5 Å². The summed E-state index contributed by atoms with van der Waals surface area (Å²) in [6, 6.07) is 11.9. The minimum Gasteiger partial charge on any atom is -0.507 e. The number of para-hydroxylation sites is 1. The molecule has 30 heavy (non-hydrogen) atoms. The van der Waals surface area contributed by atoms with Gasteiger partial charge in [0.2, 0.25) is 0 Å². The second-order valence-electron chi connectivity index (χ2n) is 6.97. The Morgan fingerprint density at radius 1 is 1.13 bits per heavy atom. The Morgan fingerprint density at radius 2 is 1.90 bits per heavy atom. The number of ether oxygens (including phenoxy) is 2. The lowest BCUT2D eigenvalue weighted by atomic mass is 9.95. The smallest absolute Gasteiger partial charge is 0.273 e. The highest BCUT2D eigenvalue weighted by molar-refractivity contribution is 6.00. The summed E-state index contributed by atoms with van der Waals surface area (Å²) in [5.74, 6) is 1.01. The number of fused-ring (bicyclic) bond motifs is 1. The van der Waals surface area contributed by atoms with Crippen molar-refractivity contribution in [2.45, 2.75) is 12.5 Å². The second kappa shape index (κ2) is 8.08. The number of amides is 1. The van der Waals surface area contributed by atoms with E-state index in [2.05, 4.69) is 10.2 Å². The molecule has 2 heterocycles. The number of nitrogens with zero attached hydrogens (tertiary/aromatic N) is 2. The minimum atomic E-state index is -0.452. The lowest BCUT2D eigenvalue weighted by Gasteiger charge is -2.26. The SMILES string of the molecule is COc1ccc([C@H]2c3c(-c4ccccc4O)n[nH]c3C(=O)N2CCCO)cc1OC. The molecular weight excluding hydrogens is 386 g/mol. The van der Waals surface area contributed by atoms with Crippen LogP contribution in [0.25, 0.3) is 11.3 Å². The summed E-state index contributed by atoms with van der Waals surface area (Å²) in [6.07, 6.45) is 0.444. The zero-order chi connectivity index (χ0) is 21.3. The number of aromatic hydroxyl groups is 1. The molecule has 1 aliphatic heterocycles. The lowest BCUT2D eigenvalue weighted by Crippen LogP contribution is -2.31. The second-order valence-corrected chi connectivity index (χ2v) is 6.97. The lowest BCUT2D eigenvalue weighted by molar-refractivity contribution is 0.0732. The first-order chi connectivity index (χ1) is 14.6. The highest BCUT2D eigenvalue weighted by Crippen LogP contribution is 2.45. The molecule has 0 unspecified atom stereocenters. The number of aliphatic hydroxyl groups is 1. The van der Waals surface area contributed by atoms with Gasteiger partial charge >= 0.3 is 0 Å². The van der Waals surface area contributed by atoms with Crippen LogP contribution in [-0.4, -0.2) is 58.6 Å². The number of phenolic OH excluding ortho intramolecular Hbond substituents is 1. The molecule has 4 rings (SSSR count). The van der Waals surface area contributed by atoms with Crippen LogP contribution in [0.15, 0.2) is 42.5 Å². The highest BCUT2D eigenvalue weighted by Gasteiger charge is 2.42. The maximum atomic E-state index is 13.1. The molecule has 8 heteroatoms. The number of carbonyl (C=O) groups is 1. The van der Waals surface area contributed by atoms with Crippen molar-refractivity contribution in [3.63, 3.8) is 0 Å². The predicted molar refractivity (Wildman–Crippen MR) is 110 cm³/mol. The van der Waals surface area contributed by atoms with E-state index < -0.39 is 6.04 Å². The van der Waals surface area contributed by atoms with Crippen LogP contribution < -0.4 is 9.47 Å². The van der Waals surface area contributed by atoms with Crippen molar-refractivity contribution in [1.29, 1.82) is 0 Å². The first kappa shape index (κ1) is 19.8. The molecule has 3 aromatic rings. The van der Waals surface area contributed by atoms with Gasteiger partial charge in [0.1, 0.15) is 17.1 Å². The molecule has 0 saturated carbocycles. The number of carbonyl (C=O) groups excluding carboxylic acids is 1. The molecule has 1 aromatic heterocycles. The summed E-state index contributed by atoms with van der Waals surface area (Å²) in [6.45, 7) is 0.345. The Balaban J connectivity index is 1.89. The van der Waals surface area contributed by atoms with E-state index in [1.54, 1.807) is 43.4 Å². The molecular formula is C22H23N3O5. The number of phenols is 1. The fourth-order valence-electron chi connectivity index (χ4n) is 3.92. The number of hydrogen-bond donors (Lipinski definition) is 3. The van der Waals surface area contributed by atoms with Gasteiger partial charge in [0.25, 0.3) is 5.91 Å². The van der Waals surface area contributed by atoms with Gasteiger partial charge in [-0.1, -0.05) is 18.2 Å². The number of H-pyrrole nitrogens is 1. The molecule has 1 amide bonds. The van der Waals surface area contributed by atoms with Crippen LogP contribution in [-0.2, 0) is 0 Å². The maximum Gasteiger partial charge on any atom is 0.273 e. The van der Waals surface area contributed by atoms with E-state index >= 15 is 0 Å². The molecule has 8 nitrogen and oxygen atoms in total. The Labute approximate surface area is 173 Å². The Hall–Kier alpha value is -3.52. The molecule has 0 fully saturated rings. The summed E-state index contributed by atoms with van der Waals surface area (Å²) in [5, 5.41) is 26.9. The predicted octanol–water partition coefficient (Wildman–Crippen LogP) is 2.73. The van der Waals surface area contributed by atoms with Gasteiger partial charge in [0, 0.05) is 24.3 Å². The fraction of sp³-hybridized carbons (Fsp3) is 0.273. The van der Waals surface area contributed by atoms with Crippen molar-refractivity contribution in [2.75, 3.05) is 27.4 Å². The van der Waals surface area contributed by atoms with Crippen molar-refractivity contribution in [1.82, 2.24) is 15.1 Å². The van der Waals surface area contributed by atoms with E-state index in [1.165, 1.54) is 0 Å². The quantitative estimate of drug-likeness (QED) is 0.554. The largest absolute Gasteiger partial charge is 0.507 e. The third kappa shape index (κ3) is 3.15. The van der Waals surface area contributed by atoms with E-state index in [4.69, 9.17) is 9.47 Å². The first-order valence-corrected chi connectivity index (χ1v) is 9.61. The van der Waals surface area contributed by atoms with Crippen molar-refractivity contribution < 1.29 is 24.5 Å². The standard InChI is InChI=1S/C22H23N3O5/c1-29-16-9-8-13(12-17(16)30-2)21-18-19(14-6-3-4-7-15(14)27)23-24-20(18)22(28)25(21)10-5-11-26/h3-4,6-9,12,21,26-27H,5,10-11H2,1-2H3,(H,23,24)/t21-/m0/s1. The molecule has 1 atom stereocenters. The number of methoxy groups -OCH3 is 2. The van der Waals surface area contributed by atoms with E-state index in [0.29, 0.717) is 47.0 Å². The summed E-state index contributed by atoms with van der Waals surface area (Å²) >= 11 is 0. The molecule has 0 saturated heterocycles. The van der Waals surface area contributed by atoms with Gasteiger partial charge in [-0.05, 0) is 36.2 Å². The number of rotatable bonds is 7. The third-order valence-corrected chi connectivity index (χ3v) is 5.30. The summed E-state index contributed by atoms with van der Waals surface area (Å²) < 4.78 is 10.8. The molecule has 0 radical (unpaired) electrons. The molecule has 1 aliphatic rings. The van der Waals surface area contributed by atoms with Crippen molar-refractivity contribution in [2.24, 2.45) is 0 Å². The van der Waals surface area contributed by atoms with Gasteiger partial charge in [-0.25, -0.2) is 0 Å². The number of aliphatic hydroxyl groups excluding tert-OH is 1. The number of aromatic amines is 1. The molecule has 0 spiro atoms. The van der Waals surface area contributed by atoms with Crippen LogP contribution in [0.5, 0.6) is 17.2 Å². The van der Waals surface area contributed by atoms with Crippen molar-refractivity contribution >= 4 is 5.91 Å². The topological polar surface area (TPSA) is 108 Å². The fourth-order valence-corrected chi connectivity index (χ4v) is 3.92. The minimum absolute atomic E-state index is 0.0268. The van der Waals surface area contributed by atoms with E-state index in [0.717, 1.165) is 5.56 Å². The average molecular weight is 409 g/mol. The zero-order valence-electron chi connectivity index (χ0n) is 16.8. The van der Waals surface area contributed by atoms with E-state index in [-0.39, 0.29) is 18.3 Å². The number of nitrogens with one attached hydrogen (secondary N) is 1. The Kier molecular flexibility index (Phi) is 5.33. The highest BCUT2D eigenvalue weighted by atomic mass is 16.5. The molecule has 0 aliphatic carbocycles. The third-order valence-electron chi connectivity index (χ3n) is 5.30. The van der Waals surface area contributed by atoms with E-state index in [9.17, 15) is 15.0 Å². The zero-order valence-corrected chi connectivity index (χ0v) is 16.8. The molecule has 3 N–H and O–H groups in total. The molecule has 156 valence electrons. The maximum absolute atomic E-state index is 13.1.